The fraction of sp³-hybridized carbons (Fsp3) is 0.615. The van der Waals surface area contributed by atoms with Crippen LogP contribution in [0.15, 0.2) is 6.20 Å². The normalized spacial score (nSPS) is 12.8. The van der Waals surface area contributed by atoms with Crippen LogP contribution in [0.3, 0.4) is 0 Å². The second-order valence-electron chi connectivity index (χ2n) is 5.15. The molecule has 2 heterocycles. The summed E-state index contributed by atoms with van der Waals surface area (Å²) in [5.74, 6) is 1.44. The van der Waals surface area contributed by atoms with Crippen molar-refractivity contribution in [1.82, 2.24) is 20.2 Å². The number of nitrogens with zero attached hydrogens (tertiary/aromatic N) is 3. The summed E-state index contributed by atoms with van der Waals surface area (Å²) in [5, 5.41) is 23.9. The molecule has 0 aromatic carbocycles. The minimum absolute atomic E-state index is 0.196. The molecule has 4 N–H and O–H groups in total. The van der Waals surface area contributed by atoms with Crippen molar-refractivity contribution in [3.05, 3.63) is 6.20 Å². The Morgan fingerprint density at radius 2 is 2.10 bits per heavy atom. The Balaban J connectivity index is 2.19. The fourth-order valence-electron chi connectivity index (χ4n) is 1.72. The third-order valence-electron chi connectivity index (χ3n) is 3.09. The van der Waals surface area contributed by atoms with E-state index in [2.05, 4.69) is 37.7 Å². The molecule has 2 aromatic rings. The Morgan fingerprint density at radius 1 is 1.30 bits per heavy atom. The van der Waals surface area contributed by atoms with Gasteiger partial charge in [-0.2, -0.15) is 15.1 Å². The quantitative estimate of drug-likeness (QED) is 0.614. The van der Waals surface area contributed by atoms with E-state index in [1.54, 1.807) is 6.20 Å². The molecule has 0 radical (unpaired) electrons. The number of aliphatic hydroxyl groups excluding tert-OH is 1. The molecule has 0 aliphatic carbocycles. The summed E-state index contributed by atoms with van der Waals surface area (Å²) in [6.45, 7) is 7.30. The molecule has 0 saturated heterocycles. The van der Waals surface area contributed by atoms with Gasteiger partial charge in [-0.25, -0.2) is 0 Å². The number of aliphatic hydroxyl groups is 1. The molecule has 1 unspecified atom stereocenters. The summed E-state index contributed by atoms with van der Waals surface area (Å²) in [5.41, 5.74) is 0.681. The Morgan fingerprint density at radius 3 is 2.80 bits per heavy atom. The monoisotopic (exact) mass is 278 g/mol. The van der Waals surface area contributed by atoms with Crippen molar-refractivity contribution in [2.24, 2.45) is 5.92 Å². The van der Waals surface area contributed by atoms with Crippen molar-refractivity contribution in [1.29, 1.82) is 0 Å². The Kier molecular flexibility index (Phi) is 4.73. The second kappa shape index (κ2) is 6.51. The highest BCUT2D eigenvalue weighted by Gasteiger charge is 2.12. The van der Waals surface area contributed by atoms with E-state index >= 15 is 0 Å². The highest BCUT2D eigenvalue weighted by atomic mass is 16.3. The summed E-state index contributed by atoms with van der Waals surface area (Å²) in [6, 6.07) is 0. The average molecular weight is 278 g/mol. The average Bonchev–Trinajstić information content (AvgIpc) is 2.90. The maximum absolute atomic E-state index is 9.88. The molecule has 110 valence electrons. The zero-order chi connectivity index (χ0) is 14.5. The van der Waals surface area contributed by atoms with Crippen molar-refractivity contribution in [2.75, 3.05) is 23.7 Å². The summed E-state index contributed by atoms with van der Waals surface area (Å²) in [6.07, 6.45) is 2.27. The summed E-state index contributed by atoms with van der Waals surface area (Å²) >= 11 is 0. The number of hydrogen-bond acceptors (Lipinski definition) is 6. The predicted molar refractivity (Wildman–Crippen MR) is 79.8 cm³/mol. The fourth-order valence-corrected chi connectivity index (χ4v) is 1.72. The first kappa shape index (κ1) is 14.5. The molecule has 0 aliphatic heterocycles. The zero-order valence-corrected chi connectivity index (χ0v) is 12.1. The van der Waals surface area contributed by atoms with Gasteiger partial charge in [-0.3, -0.25) is 5.10 Å². The number of H-pyrrole nitrogens is 1. The molecule has 7 heteroatoms. The van der Waals surface area contributed by atoms with Crippen molar-refractivity contribution in [2.45, 2.75) is 33.3 Å². The van der Waals surface area contributed by atoms with E-state index in [4.69, 9.17) is 0 Å². The topological polar surface area (TPSA) is 98.8 Å². The SMILES string of the molecule is CCCNc1nc(NCC(O)C(C)C)c2cn[nH]c2n1. The summed E-state index contributed by atoms with van der Waals surface area (Å²) in [7, 11) is 0. The van der Waals surface area contributed by atoms with Crippen LogP contribution in [-0.2, 0) is 0 Å². The van der Waals surface area contributed by atoms with Gasteiger partial charge >= 0.3 is 0 Å². The standard InChI is InChI=1S/C13H22N6O/c1-4-5-14-13-17-11(15-7-10(20)8(2)3)9-6-16-19-12(9)18-13/h6,8,10,20H,4-5,7H2,1-3H3,(H3,14,15,16,17,18,19). The van der Waals surface area contributed by atoms with Crippen LogP contribution in [-0.4, -0.2) is 44.5 Å². The van der Waals surface area contributed by atoms with Crippen LogP contribution in [0.5, 0.6) is 0 Å². The lowest BCUT2D eigenvalue weighted by molar-refractivity contribution is 0.138. The molecule has 0 saturated carbocycles. The van der Waals surface area contributed by atoms with Crippen LogP contribution < -0.4 is 10.6 Å². The molecule has 2 rings (SSSR count). The van der Waals surface area contributed by atoms with Gasteiger partial charge < -0.3 is 15.7 Å². The molecule has 20 heavy (non-hydrogen) atoms. The third-order valence-corrected chi connectivity index (χ3v) is 3.09. The molecule has 0 spiro atoms. The van der Waals surface area contributed by atoms with Gasteiger partial charge in [0.1, 0.15) is 5.82 Å². The van der Waals surface area contributed by atoms with Gasteiger partial charge in [0.15, 0.2) is 5.65 Å². The summed E-state index contributed by atoms with van der Waals surface area (Å²) < 4.78 is 0. The van der Waals surface area contributed by atoms with Crippen LogP contribution in [0.2, 0.25) is 0 Å². The molecule has 0 fully saturated rings. The zero-order valence-electron chi connectivity index (χ0n) is 12.1. The van der Waals surface area contributed by atoms with Gasteiger partial charge in [-0.05, 0) is 12.3 Å². The molecule has 0 amide bonds. The third kappa shape index (κ3) is 3.36. The van der Waals surface area contributed by atoms with Gasteiger partial charge in [0, 0.05) is 13.1 Å². The first-order chi connectivity index (χ1) is 9.61. The van der Waals surface area contributed by atoms with Crippen LogP contribution in [0, 0.1) is 5.92 Å². The van der Waals surface area contributed by atoms with E-state index in [1.165, 1.54) is 0 Å². The van der Waals surface area contributed by atoms with E-state index in [1.807, 2.05) is 13.8 Å². The first-order valence-corrected chi connectivity index (χ1v) is 6.98. The van der Waals surface area contributed by atoms with Crippen LogP contribution in [0.25, 0.3) is 11.0 Å². The second-order valence-corrected chi connectivity index (χ2v) is 5.15. The molecular formula is C13H22N6O. The van der Waals surface area contributed by atoms with E-state index in [-0.39, 0.29) is 5.92 Å². The molecule has 7 nitrogen and oxygen atoms in total. The van der Waals surface area contributed by atoms with E-state index in [0.29, 0.717) is 24.0 Å². The van der Waals surface area contributed by atoms with Crippen LogP contribution in [0.4, 0.5) is 11.8 Å². The van der Waals surface area contributed by atoms with Gasteiger partial charge in [0.2, 0.25) is 5.95 Å². The van der Waals surface area contributed by atoms with Gasteiger partial charge in [0.05, 0.1) is 17.7 Å². The summed E-state index contributed by atoms with van der Waals surface area (Å²) in [4.78, 5) is 8.79. The molecular weight excluding hydrogens is 256 g/mol. The lowest BCUT2D eigenvalue weighted by Crippen LogP contribution is -2.25. The smallest absolute Gasteiger partial charge is 0.226 e. The number of anilines is 2. The van der Waals surface area contributed by atoms with E-state index in [0.717, 1.165) is 18.4 Å². The Hall–Kier alpha value is -1.89. The highest BCUT2D eigenvalue weighted by molar-refractivity contribution is 5.86. The van der Waals surface area contributed by atoms with Gasteiger partial charge in [-0.15, -0.1) is 0 Å². The Bertz CT molecular complexity index is 553. The van der Waals surface area contributed by atoms with Crippen LogP contribution in [0.1, 0.15) is 27.2 Å². The molecule has 0 bridgehead atoms. The van der Waals surface area contributed by atoms with Crippen molar-refractivity contribution >= 4 is 22.8 Å². The van der Waals surface area contributed by atoms with E-state index in [9.17, 15) is 5.11 Å². The molecule has 0 aliphatic rings. The highest BCUT2D eigenvalue weighted by Crippen LogP contribution is 2.20. The molecule has 2 aromatic heterocycles. The van der Waals surface area contributed by atoms with Gasteiger partial charge in [-0.1, -0.05) is 20.8 Å². The first-order valence-electron chi connectivity index (χ1n) is 6.98. The maximum atomic E-state index is 9.88. The largest absolute Gasteiger partial charge is 0.391 e. The minimum atomic E-state index is -0.418. The lowest BCUT2D eigenvalue weighted by atomic mass is 10.1. The Labute approximate surface area is 118 Å². The maximum Gasteiger partial charge on any atom is 0.226 e. The van der Waals surface area contributed by atoms with Crippen LogP contribution >= 0.6 is 0 Å². The number of nitrogens with one attached hydrogen (secondary N) is 3. The van der Waals surface area contributed by atoms with Crippen molar-refractivity contribution in [3.8, 4) is 0 Å². The number of fused-ring (bicyclic) bond motifs is 1. The van der Waals surface area contributed by atoms with Crippen molar-refractivity contribution < 1.29 is 5.11 Å². The lowest BCUT2D eigenvalue weighted by Gasteiger charge is -2.16. The predicted octanol–water partition coefficient (Wildman–Crippen LogP) is 1.60. The number of aromatic amines is 1. The van der Waals surface area contributed by atoms with Gasteiger partial charge in [0.25, 0.3) is 0 Å². The molecule has 1 atom stereocenters. The number of rotatable bonds is 7. The van der Waals surface area contributed by atoms with E-state index < -0.39 is 6.10 Å². The van der Waals surface area contributed by atoms with Crippen molar-refractivity contribution in [3.63, 3.8) is 0 Å². The minimum Gasteiger partial charge on any atom is -0.391 e. The number of aromatic nitrogens is 4. The number of hydrogen-bond donors (Lipinski definition) is 4.